The molecular formula is C13H21N3O2S. The van der Waals surface area contributed by atoms with Crippen LogP contribution in [0.5, 0.6) is 0 Å². The predicted molar refractivity (Wildman–Crippen MR) is 80.7 cm³/mol. The first kappa shape index (κ1) is 15.6. The van der Waals surface area contributed by atoms with Gasteiger partial charge in [-0.2, -0.15) is 11.8 Å². The molecule has 0 radical (unpaired) electrons. The number of pyridine rings is 1. The van der Waals surface area contributed by atoms with Gasteiger partial charge in [-0.1, -0.05) is 6.42 Å². The van der Waals surface area contributed by atoms with Crippen molar-refractivity contribution < 1.29 is 9.53 Å². The van der Waals surface area contributed by atoms with Gasteiger partial charge in [0.05, 0.1) is 24.6 Å². The molecule has 0 aromatic carbocycles. The van der Waals surface area contributed by atoms with Crippen LogP contribution in [0.25, 0.3) is 0 Å². The molecule has 0 saturated carbocycles. The van der Waals surface area contributed by atoms with E-state index in [0.717, 1.165) is 13.0 Å². The maximum absolute atomic E-state index is 11.6. The average molecular weight is 283 g/mol. The van der Waals surface area contributed by atoms with Crippen LogP contribution in [0.15, 0.2) is 12.3 Å². The van der Waals surface area contributed by atoms with Gasteiger partial charge in [0.1, 0.15) is 5.82 Å². The number of hydrogen-bond acceptors (Lipinski definition) is 6. The van der Waals surface area contributed by atoms with E-state index in [2.05, 4.69) is 16.6 Å². The van der Waals surface area contributed by atoms with Gasteiger partial charge in [0.2, 0.25) is 0 Å². The normalized spacial score (nSPS) is 10.2. The van der Waals surface area contributed by atoms with Crippen LogP contribution in [0.1, 0.15) is 29.6 Å². The van der Waals surface area contributed by atoms with Gasteiger partial charge in [-0.25, -0.2) is 9.78 Å². The summed E-state index contributed by atoms with van der Waals surface area (Å²) in [6, 6.07) is 1.53. The van der Waals surface area contributed by atoms with Crippen LogP contribution in [0.2, 0.25) is 0 Å². The Morgan fingerprint density at radius 3 is 2.95 bits per heavy atom. The van der Waals surface area contributed by atoms with E-state index in [1.165, 1.54) is 31.8 Å². The Balaban J connectivity index is 2.50. The fourth-order valence-electron chi connectivity index (χ4n) is 1.66. The molecule has 1 rings (SSSR count). The van der Waals surface area contributed by atoms with Crippen LogP contribution in [-0.2, 0) is 4.74 Å². The molecule has 1 aromatic heterocycles. The Morgan fingerprint density at radius 1 is 1.47 bits per heavy atom. The summed E-state index contributed by atoms with van der Waals surface area (Å²) in [7, 11) is 1.35. The Labute approximate surface area is 118 Å². The van der Waals surface area contributed by atoms with E-state index in [-0.39, 0.29) is 0 Å². The number of thioether (sulfide) groups is 1. The molecule has 5 nitrogen and oxygen atoms in total. The summed E-state index contributed by atoms with van der Waals surface area (Å²) in [5.74, 6) is 1.10. The van der Waals surface area contributed by atoms with E-state index in [1.807, 2.05) is 11.8 Å². The molecule has 1 heterocycles. The summed E-state index contributed by atoms with van der Waals surface area (Å²) in [6.07, 6.45) is 7.13. The fraction of sp³-hybridized carbons (Fsp3) is 0.538. The topological polar surface area (TPSA) is 77.2 Å². The molecule has 0 bridgehead atoms. The van der Waals surface area contributed by atoms with E-state index in [4.69, 9.17) is 10.5 Å². The standard InChI is InChI=1S/C13H21N3O2S/c1-18-13(17)10-8-12(14)16-9-11(10)15-6-4-3-5-7-19-2/h8-9,15H,3-7H2,1-2H3,(H2,14,16). The zero-order chi connectivity index (χ0) is 14.1. The van der Waals surface area contributed by atoms with Gasteiger partial charge >= 0.3 is 5.97 Å². The van der Waals surface area contributed by atoms with Crippen LogP contribution in [0.4, 0.5) is 11.5 Å². The Hall–Kier alpha value is -1.43. The van der Waals surface area contributed by atoms with Gasteiger partial charge in [-0.3, -0.25) is 0 Å². The van der Waals surface area contributed by atoms with Crippen LogP contribution >= 0.6 is 11.8 Å². The Kier molecular flexibility index (Phi) is 7.10. The first-order chi connectivity index (χ1) is 9.19. The first-order valence-electron chi connectivity index (χ1n) is 6.25. The number of rotatable bonds is 8. The molecule has 1 aromatic rings. The van der Waals surface area contributed by atoms with Gasteiger partial charge < -0.3 is 15.8 Å². The zero-order valence-corrected chi connectivity index (χ0v) is 12.3. The van der Waals surface area contributed by atoms with Crippen molar-refractivity contribution in [2.75, 3.05) is 36.7 Å². The number of carbonyl (C=O) groups is 1. The number of hydrogen-bond donors (Lipinski definition) is 2. The predicted octanol–water partition coefficient (Wildman–Crippen LogP) is 2.40. The molecule has 0 saturated heterocycles. The van der Waals surface area contributed by atoms with E-state index in [1.54, 1.807) is 6.20 Å². The third kappa shape index (κ3) is 5.38. The highest BCUT2D eigenvalue weighted by atomic mass is 32.2. The highest BCUT2D eigenvalue weighted by molar-refractivity contribution is 7.98. The summed E-state index contributed by atoms with van der Waals surface area (Å²) in [5.41, 5.74) is 6.68. The minimum absolute atomic E-state index is 0.311. The first-order valence-corrected chi connectivity index (χ1v) is 7.65. The second-order valence-electron chi connectivity index (χ2n) is 4.13. The number of aromatic nitrogens is 1. The molecule has 19 heavy (non-hydrogen) atoms. The van der Waals surface area contributed by atoms with Crippen LogP contribution in [0.3, 0.4) is 0 Å². The molecule has 106 valence electrons. The van der Waals surface area contributed by atoms with Crippen LogP contribution < -0.4 is 11.1 Å². The number of nitrogen functional groups attached to an aromatic ring is 1. The maximum atomic E-state index is 11.6. The van der Waals surface area contributed by atoms with Gasteiger partial charge in [0.15, 0.2) is 0 Å². The van der Waals surface area contributed by atoms with E-state index in [0.29, 0.717) is 17.1 Å². The summed E-state index contributed by atoms with van der Waals surface area (Å²) in [5, 5.41) is 3.21. The monoisotopic (exact) mass is 283 g/mol. The van der Waals surface area contributed by atoms with E-state index in [9.17, 15) is 4.79 Å². The Morgan fingerprint density at radius 2 is 2.26 bits per heavy atom. The number of esters is 1. The summed E-state index contributed by atoms with van der Waals surface area (Å²) in [4.78, 5) is 15.6. The van der Waals surface area contributed by atoms with Crippen molar-refractivity contribution >= 4 is 29.2 Å². The van der Waals surface area contributed by atoms with Crippen molar-refractivity contribution in [3.05, 3.63) is 17.8 Å². The minimum atomic E-state index is -0.404. The second-order valence-corrected chi connectivity index (χ2v) is 5.11. The van der Waals surface area contributed by atoms with Crippen molar-refractivity contribution in [2.24, 2.45) is 0 Å². The average Bonchev–Trinajstić information content (AvgIpc) is 2.43. The van der Waals surface area contributed by atoms with Gasteiger partial charge in [0.25, 0.3) is 0 Å². The van der Waals surface area contributed by atoms with Crippen molar-refractivity contribution in [1.29, 1.82) is 0 Å². The molecular weight excluding hydrogens is 262 g/mol. The molecule has 3 N–H and O–H groups in total. The quantitative estimate of drug-likeness (QED) is 0.563. The second kappa shape index (κ2) is 8.63. The van der Waals surface area contributed by atoms with Crippen molar-refractivity contribution in [3.63, 3.8) is 0 Å². The third-order valence-electron chi connectivity index (χ3n) is 2.67. The number of methoxy groups -OCH3 is 1. The lowest BCUT2D eigenvalue weighted by atomic mass is 10.2. The SMILES string of the molecule is COC(=O)c1cc(N)ncc1NCCCCCSC. The lowest BCUT2D eigenvalue weighted by Crippen LogP contribution is -2.11. The van der Waals surface area contributed by atoms with Crippen LogP contribution in [-0.4, -0.2) is 36.6 Å². The molecule has 0 aliphatic heterocycles. The number of nitrogens with one attached hydrogen (secondary N) is 1. The number of carbonyl (C=O) groups excluding carboxylic acids is 1. The summed E-state index contributed by atoms with van der Waals surface area (Å²) in [6.45, 7) is 0.809. The van der Waals surface area contributed by atoms with E-state index < -0.39 is 5.97 Å². The number of unbranched alkanes of at least 4 members (excludes halogenated alkanes) is 2. The highest BCUT2D eigenvalue weighted by Crippen LogP contribution is 2.17. The number of ether oxygens (including phenoxy) is 1. The van der Waals surface area contributed by atoms with E-state index >= 15 is 0 Å². The van der Waals surface area contributed by atoms with Crippen LogP contribution in [0, 0.1) is 0 Å². The number of nitrogens with zero attached hydrogens (tertiary/aromatic N) is 1. The highest BCUT2D eigenvalue weighted by Gasteiger charge is 2.12. The van der Waals surface area contributed by atoms with Gasteiger partial charge in [0, 0.05) is 6.54 Å². The molecule has 0 spiro atoms. The molecule has 0 aliphatic rings. The van der Waals surface area contributed by atoms with Crippen molar-refractivity contribution in [2.45, 2.75) is 19.3 Å². The lowest BCUT2D eigenvalue weighted by Gasteiger charge is -2.10. The van der Waals surface area contributed by atoms with Crippen molar-refractivity contribution in [3.8, 4) is 0 Å². The zero-order valence-electron chi connectivity index (χ0n) is 11.4. The molecule has 0 aliphatic carbocycles. The molecule has 0 unspecified atom stereocenters. The Bertz CT molecular complexity index is 413. The third-order valence-corrected chi connectivity index (χ3v) is 3.37. The molecule has 6 heteroatoms. The lowest BCUT2D eigenvalue weighted by molar-refractivity contribution is 0.0602. The number of nitrogens with two attached hydrogens (primary N) is 1. The molecule has 0 fully saturated rings. The summed E-state index contributed by atoms with van der Waals surface area (Å²) >= 11 is 1.86. The van der Waals surface area contributed by atoms with Crippen molar-refractivity contribution in [1.82, 2.24) is 4.98 Å². The van der Waals surface area contributed by atoms with Gasteiger partial charge in [-0.15, -0.1) is 0 Å². The fourth-order valence-corrected chi connectivity index (χ4v) is 2.16. The summed E-state index contributed by atoms with van der Waals surface area (Å²) < 4.78 is 4.73. The maximum Gasteiger partial charge on any atom is 0.340 e. The molecule has 0 atom stereocenters. The van der Waals surface area contributed by atoms with Gasteiger partial charge in [-0.05, 0) is 30.9 Å². The molecule has 0 amide bonds. The minimum Gasteiger partial charge on any atom is -0.465 e. The largest absolute Gasteiger partial charge is 0.465 e. The smallest absolute Gasteiger partial charge is 0.340 e. The number of anilines is 2.